The standard InChI is InChI=1S/C38H33N3O4/c1-39-35(43)33-31(22-19-26-11-5-2-6-12-26)41-32(42)25-40(24-28-17-20-30(21-18-28)29-15-9-4-10-16-29)37(45)38(41,34(33)36(39)44)23-27-13-7-3-8-14-27/h2-22,31,33-34H,23-25H2,1H3/t31?,33?,34?,38-/m1/s1. The highest BCUT2D eigenvalue weighted by atomic mass is 16.2. The van der Waals surface area contributed by atoms with Crippen molar-refractivity contribution in [1.29, 1.82) is 0 Å². The average molecular weight is 596 g/mol. The van der Waals surface area contributed by atoms with E-state index < -0.39 is 29.3 Å². The first kappa shape index (κ1) is 28.5. The lowest BCUT2D eigenvalue weighted by molar-refractivity contribution is -0.168. The Morgan fingerprint density at radius 3 is 1.98 bits per heavy atom. The average Bonchev–Trinajstić information content (AvgIpc) is 3.49. The first-order valence-corrected chi connectivity index (χ1v) is 15.2. The van der Waals surface area contributed by atoms with E-state index in [1.165, 1.54) is 7.05 Å². The van der Waals surface area contributed by atoms with Crippen LogP contribution in [-0.2, 0) is 32.1 Å². The number of benzene rings is 4. The van der Waals surface area contributed by atoms with Gasteiger partial charge < -0.3 is 9.80 Å². The van der Waals surface area contributed by atoms with Crippen LogP contribution in [0.3, 0.4) is 0 Å². The third-order valence-corrected chi connectivity index (χ3v) is 9.47. The van der Waals surface area contributed by atoms with E-state index in [1.807, 2.05) is 127 Å². The topological polar surface area (TPSA) is 78.0 Å². The van der Waals surface area contributed by atoms with Gasteiger partial charge in [0.2, 0.25) is 17.7 Å². The van der Waals surface area contributed by atoms with Gasteiger partial charge in [0, 0.05) is 20.0 Å². The summed E-state index contributed by atoms with van der Waals surface area (Å²) in [5.74, 6) is -3.22. The van der Waals surface area contributed by atoms with E-state index in [-0.39, 0.29) is 37.2 Å². The molecule has 4 atom stereocenters. The van der Waals surface area contributed by atoms with Crippen LogP contribution in [0.4, 0.5) is 0 Å². The van der Waals surface area contributed by atoms with Gasteiger partial charge in [-0.15, -0.1) is 0 Å². The molecule has 0 N–H and O–H groups in total. The first-order valence-electron chi connectivity index (χ1n) is 15.2. The summed E-state index contributed by atoms with van der Waals surface area (Å²) in [4.78, 5) is 61.1. The van der Waals surface area contributed by atoms with Gasteiger partial charge in [-0.3, -0.25) is 24.1 Å². The van der Waals surface area contributed by atoms with Crippen molar-refractivity contribution in [3.8, 4) is 11.1 Å². The summed E-state index contributed by atoms with van der Waals surface area (Å²) in [6, 6.07) is 36.3. The molecule has 0 saturated carbocycles. The van der Waals surface area contributed by atoms with Crippen LogP contribution in [-0.4, -0.2) is 63.5 Å². The van der Waals surface area contributed by atoms with Gasteiger partial charge in [-0.2, -0.15) is 0 Å². The van der Waals surface area contributed by atoms with Crippen LogP contribution in [0.2, 0.25) is 0 Å². The summed E-state index contributed by atoms with van der Waals surface area (Å²) in [6.07, 6.45) is 3.83. The minimum absolute atomic E-state index is 0.131. The molecule has 45 heavy (non-hydrogen) atoms. The van der Waals surface area contributed by atoms with Crippen molar-refractivity contribution < 1.29 is 19.2 Å². The number of hydrogen-bond donors (Lipinski definition) is 0. The molecule has 7 rings (SSSR count). The number of nitrogens with zero attached hydrogens (tertiary/aromatic N) is 3. The second-order valence-electron chi connectivity index (χ2n) is 12.1. The van der Waals surface area contributed by atoms with E-state index >= 15 is 0 Å². The fraction of sp³-hybridized carbons (Fsp3) is 0.211. The summed E-state index contributed by atoms with van der Waals surface area (Å²) >= 11 is 0. The Morgan fingerprint density at radius 1 is 0.711 bits per heavy atom. The van der Waals surface area contributed by atoms with Crippen molar-refractivity contribution in [1.82, 2.24) is 14.7 Å². The molecule has 224 valence electrons. The first-order chi connectivity index (χ1) is 21.9. The minimum atomic E-state index is -1.55. The molecule has 7 heteroatoms. The Hall–Kier alpha value is -5.30. The predicted molar refractivity (Wildman–Crippen MR) is 171 cm³/mol. The van der Waals surface area contributed by atoms with Crippen molar-refractivity contribution in [3.05, 3.63) is 138 Å². The van der Waals surface area contributed by atoms with E-state index in [1.54, 1.807) is 9.80 Å². The number of rotatable bonds is 7. The van der Waals surface area contributed by atoms with Crippen molar-refractivity contribution in [2.75, 3.05) is 13.6 Å². The molecule has 3 saturated heterocycles. The molecule has 0 radical (unpaired) electrons. The fourth-order valence-corrected chi connectivity index (χ4v) is 7.41. The van der Waals surface area contributed by atoms with Gasteiger partial charge in [0.25, 0.3) is 5.91 Å². The van der Waals surface area contributed by atoms with Crippen LogP contribution in [0, 0.1) is 11.8 Å². The number of amides is 4. The molecule has 4 amide bonds. The highest BCUT2D eigenvalue weighted by molar-refractivity contribution is 6.13. The van der Waals surface area contributed by atoms with Crippen molar-refractivity contribution in [2.45, 2.75) is 24.5 Å². The third-order valence-electron chi connectivity index (χ3n) is 9.47. The van der Waals surface area contributed by atoms with Crippen molar-refractivity contribution >= 4 is 29.7 Å². The second kappa shape index (κ2) is 11.3. The quantitative estimate of drug-likeness (QED) is 0.287. The van der Waals surface area contributed by atoms with E-state index in [0.29, 0.717) is 0 Å². The molecule has 3 fully saturated rings. The molecule has 3 aliphatic heterocycles. The number of imide groups is 1. The zero-order valence-electron chi connectivity index (χ0n) is 25.0. The van der Waals surface area contributed by atoms with Gasteiger partial charge in [0.1, 0.15) is 12.1 Å². The summed E-state index contributed by atoms with van der Waals surface area (Å²) in [7, 11) is 1.47. The Kier molecular flexibility index (Phi) is 7.16. The molecule has 0 spiro atoms. The normalized spacial score (nSPS) is 24.5. The van der Waals surface area contributed by atoms with Crippen LogP contribution in [0.5, 0.6) is 0 Å². The molecule has 0 aromatic heterocycles. The maximum Gasteiger partial charge on any atom is 0.250 e. The smallest absolute Gasteiger partial charge is 0.250 e. The number of fused-ring (bicyclic) bond motifs is 3. The minimum Gasteiger partial charge on any atom is -0.327 e. The van der Waals surface area contributed by atoms with Gasteiger partial charge in [0.15, 0.2) is 0 Å². The number of carbonyl (C=O) groups is 4. The Morgan fingerprint density at radius 2 is 1.31 bits per heavy atom. The largest absolute Gasteiger partial charge is 0.327 e. The third kappa shape index (κ3) is 4.75. The van der Waals surface area contributed by atoms with Crippen molar-refractivity contribution in [3.63, 3.8) is 0 Å². The monoisotopic (exact) mass is 595 g/mol. The molecular weight excluding hydrogens is 562 g/mol. The maximum absolute atomic E-state index is 14.9. The summed E-state index contributed by atoms with van der Waals surface area (Å²) in [5.41, 5.74) is 3.19. The molecule has 7 nitrogen and oxygen atoms in total. The zero-order valence-corrected chi connectivity index (χ0v) is 25.0. The fourth-order valence-electron chi connectivity index (χ4n) is 7.41. The lowest BCUT2D eigenvalue weighted by atomic mass is 9.74. The molecular formula is C38H33N3O4. The van der Waals surface area contributed by atoms with Crippen LogP contribution in [0.15, 0.2) is 121 Å². The van der Waals surface area contributed by atoms with Crippen molar-refractivity contribution in [2.24, 2.45) is 11.8 Å². The van der Waals surface area contributed by atoms with Gasteiger partial charge in [-0.1, -0.05) is 127 Å². The Labute approximate surface area is 262 Å². The molecule has 0 aliphatic carbocycles. The lowest BCUT2D eigenvalue weighted by Gasteiger charge is -2.48. The molecule has 4 aromatic rings. The Balaban J connectivity index is 1.30. The van der Waals surface area contributed by atoms with Crippen LogP contribution < -0.4 is 0 Å². The lowest BCUT2D eigenvalue weighted by Crippen LogP contribution is -2.70. The van der Waals surface area contributed by atoms with Gasteiger partial charge in [0.05, 0.1) is 17.9 Å². The highest BCUT2D eigenvalue weighted by Crippen LogP contribution is 2.53. The number of piperazine rings is 1. The van der Waals surface area contributed by atoms with Gasteiger partial charge in [-0.05, 0) is 27.8 Å². The molecule has 0 bridgehead atoms. The van der Waals surface area contributed by atoms with Gasteiger partial charge in [-0.25, -0.2) is 0 Å². The molecule has 4 aromatic carbocycles. The van der Waals surface area contributed by atoms with E-state index in [0.717, 1.165) is 32.7 Å². The summed E-state index contributed by atoms with van der Waals surface area (Å²) < 4.78 is 0. The maximum atomic E-state index is 14.9. The summed E-state index contributed by atoms with van der Waals surface area (Å²) in [6.45, 7) is 0.0764. The van der Waals surface area contributed by atoms with Crippen LogP contribution >= 0.6 is 0 Å². The van der Waals surface area contributed by atoms with Gasteiger partial charge >= 0.3 is 0 Å². The molecule has 3 unspecified atom stereocenters. The summed E-state index contributed by atoms with van der Waals surface area (Å²) in [5, 5.41) is 0. The highest BCUT2D eigenvalue weighted by Gasteiger charge is 2.73. The number of hydrogen-bond acceptors (Lipinski definition) is 4. The van der Waals surface area contributed by atoms with Crippen LogP contribution in [0.1, 0.15) is 16.7 Å². The predicted octanol–water partition coefficient (Wildman–Crippen LogP) is 4.83. The van der Waals surface area contributed by atoms with Crippen LogP contribution in [0.25, 0.3) is 17.2 Å². The van der Waals surface area contributed by atoms with E-state index in [2.05, 4.69) is 0 Å². The molecule has 3 heterocycles. The Bertz CT molecular complexity index is 1790. The van der Waals surface area contributed by atoms with E-state index in [4.69, 9.17) is 0 Å². The number of carbonyl (C=O) groups excluding carboxylic acids is 4. The molecule has 3 aliphatic rings. The van der Waals surface area contributed by atoms with E-state index in [9.17, 15) is 19.2 Å². The number of likely N-dealkylation sites (tertiary alicyclic amines) is 1. The SMILES string of the molecule is CN1C(=O)C2C(C=Cc3ccccc3)N3C(=O)CN(Cc4ccc(-c5ccccc5)cc4)C(=O)[C@@]3(Cc3ccccc3)C2C1=O. The zero-order chi connectivity index (χ0) is 31.1. The second-order valence-corrected chi connectivity index (χ2v) is 12.1.